The molecule has 0 rings (SSSR count). The third-order valence-electron chi connectivity index (χ3n) is 0.516. The molecule has 0 heterocycles. The maximum Gasteiger partial charge on any atom is 3.00 e. The molecule has 0 atom stereocenters. The number of carbonyl (C=O) groups excluding carboxylic acids is 4. The van der Waals surface area contributed by atoms with Crippen molar-refractivity contribution in [1.29, 1.82) is 0 Å². The normalized spacial score (nSPS) is 5.47. The Balaban J connectivity index is -0.0000000196. The van der Waals surface area contributed by atoms with Gasteiger partial charge in [0.25, 0.3) is 0 Å². The molecule has 0 fully saturated rings. The summed E-state index contributed by atoms with van der Waals surface area (Å²) in [6.07, 6.45) is 0. The summed E-state index contributed by atoms with van der Waals surface area (Å²) in [4.78, 5) is 36.0. The van der Waals surface area contributed by atoms with Crippen LogP contribution in [0.15, 0.2) is 52.6 Å². The number of aliphatic carboxylic acids is 4. The van der Waals surface area contributed by atoms with E-state index < -0.39 is 50.3 Å². The van der Waals surface area contributed by atoms with E-state index in [0.717, 1.165) is 0 Å². The zero-order valence-corrected chi connectivity index (χ0v) is 18.3. The van der Waals surface area contributed by atoms with E-state index >= 15 is 0 Å². The summed E-state index contributed by atoms with van der Waals surface area (Å²) in [5.41, 5.74) is 0. The van der Waals surface area contributed by atoms with Crippen LogP contribution >= 0.6 is 0 Å². The molecule has 0 saturated heterocycles. The summed E-state index contributed by atoms with van der Waals surface area (Å²) in [5, 5.41) is 66.0. The van der Waals surface area contributed by atoms with Crippen LogP contribution in [0.4, 0.5) is 0 Å². The summed E-state index contributed by atoms with van der Waals surface area (Å²) in [6, 6.07) is 0. The standard InChI is InChI=1S/4C2H4O3.4C2H4.Al.Li/c4*3-1-2(4)5;4*1-2;;/h4*3H,1H2,(H,4,5);4*1-2H2;;/q;;;;;;;;+3;+1/p-4. The maximum atomic E-state index is 9.01. The Hall–Kier alpha value is -2.19. The van der Waals surface area contributed by atoms with Crippen molar-refractivity contribution in [2.24, 2.45) is 0 Å². The van der Waals surface area contributed by atoms with Crippen LogP contribution in [0, 0.1) is 0 Å². The van der Waals surface area contributed by atoms with Gasteiger partial charge in [0.15, 0.2) is 0 Å². The first-order valence-electron chi connectivity index (χ1n) is 6.31. The van der Waals surface area contributed by atoms with Crippen LogP contribution in [0.2, 0.25) is 0 Å². The van der Waals surface area contributed by atoms with Crippen LogP contribution in [0.5, 0.6) is 0 Å². The molecule has 4 N–H and O–H groups in total. The Labute approximate surface area is 199 Å². The Bertz CT molecular complexity index is 280. The molecule has 0 unspecified atom stereocenters. The number of aliphatic hydroxyl groups excluding tert-OH is 4. The number of carboxylic acid groups (broad SMARTS) is 4. The van der Waals surface area contributed by atoms with Crippen molar-refractivity contribution in [1.82, 2.24) is 0 Å². The van der Waals surface area contributed by atoms with Gasteiger partial charge >= 0.3 is 36.2 Å². The van der Waals surface area contributed by atoms with Crippen LogP contribution in [0.25, 0.3) is 0 Å². The third kappa shape index (κ3) is 471. The number of hydrogen-bond acceptors (Lipinski definition) is 12. The molecular formula is C16H28AlLiO12. The Morgan fingerprint density at radius 1 is 0.467 bits per heavy atom. The minimum absolute atomic E-state index is 0. The second-order valence-corrected chi connectivity index (χ2v) is 2.12. The summed E-state index contributed by atoms with van der Waals surface area (Å²) >= 11 is 0. The van der Waals surface area contributed by atoms with E-state index in [9.17, 15) is 0 Å². The van der Waals surface area contributed by atoms with Gasteiger partial charge in [0.05, 0.1) is 50.3 Å². The fraction of sp³-hybridized carbons (Fsp3) is 0.250. The van der Waals surface area contributed by atoms with Crippen LogP contribution < -0.4 is 39.3 Å². The van der Waals surface area contributed by atoms with Crippen molar-refractivity contribution in [2.45, 2.75) is 0 Å². The molecule has 0 aromatic carbocycles. The van der Waals surface area contributed by atoms with Gasteiger partial charge in [0.1, 0.15) is 0 Å². The predicted octanol–water partition coefficient (Wildman–Crippen LogP) is -9.25. The van der Waals surface area contributed by atoms with Gasteiger partial charge in [-0.3, -0.25) is 0 Å². The topological polar surface area (TPSA) is 241 Å². The van der Waals surface area contributed by atoms with Crippen molar-refractivity contribution in [3.05, 3.63) is 52.6 Å². The van der Waals surface area contributed by atoms with E-state index in [-0.39, 0.29) is 36.2 Å². The van der Waals surface area contributed by atoms with Crippen LogP contribution in [-0.4, -0.2) is 88.1 Å². The smallest absolute Gasteiger partial charge is 0.548 e. The molecule has 0 aliphatic carbocycles. The molecule has 0 aromatic heterocycles. The van der Waals surface area contributed by atoms with Gasteiger partial charge in [-0.2, -0.15) is 0 Å². The van der Waals surface area contributed by atoms with Gasteiger partial charge in [-0.05, 0) is 0 Å². The van der Waals surface area contributed by atoms with Crippen LogP contribution in [0.3, 0.4) is 0 Å². The average molecular weight is 446 g/mol. The van der Waals surface area contributed by atoms with Crippen LogP contribution in [0.1, 0.15) is 0 Å². The molecule has 14 heteroatoms. The SMILES string of the molecule is C=C.C=C.C=C.C=C.O=C([O-])CO.O=C([O-])CO.O=C([O-])CO.O=C([O-])CO.[Al+3].[Li+]. The molecule has 0 radical (unpaired) electrons. The molecule has 0 aromatic rings. The van der Waals surface area contributed by atoms with Crippen molar-refractivity contribution in [2.75, 3.05) is 26.4 Å². The summed E-state index contributed by atoms with van der Waals surface area (Å²) in [7, 11) is 0. The van der Waals surface area contributed by atoms with Gasteiger partial charge in [-0.15, -0.1) is 52.6 Å². The van der Waals surface area contributed by atoms with Gasteiger partial charge in [0, 0.05) is 0 Å². The maximum absolute atomic E-state index is 9.01. The molecule has 0 spiro atoms. The number of carbonyl (C=O) groups is 4. The molecule has 0 saturated carbocycles. The Kier molecular flexibility index (Phi) is 197. The van der Waals surface area contributed by atoms with Crippen LogP contribution in [-0.2, 0) is 19.2 Å². The number of carboxylic acids is 4. The molecule has 0 amide bonds. The van der Waals surface area contributed by atoms with Crippen molar-refractivity contribution in [3.8, 4) is 0 Å². The second kappa shape index (κ2) is 93.6. The van der Waals surface area contributed by atoms with Gasteiger partial charge in [0.2, 0.25) is 0 Å². The van der Waals surface area contributed by atoms with Gasteiger partial charge in [-0.1, -0.05) is 0 Å². The molecular weight excluding hydrogens is 418 g/mol. The van der Waals surface area contributed by atoms with E-state index in [1.165, 1.54) is 0 Å². The summed E-state index contributed by atoms with van der Waals surface area (Å²) in [5.74, 6) is -5.76. The van der Waals surface area contributed by atoms with E-state index in [1.807, 2.05) is 0 Å². The van der Waals surface area contributed by atoms with E-state index in [4.69, 9.17) is 60.0 Å². The zero-order chi connectivity index (χ0) is 25.1. The quantitative estimate of drug-likeness (QED) is 0.232. The first kappa shape index (κ1) is 63.0. The molecule has 168 valence electrons. The first-order valence-corrected chi connectivity index (χ1v) is 6.31. The zero-order valence-electron chi connectivity index (χ0n) is 17.1. The van der Waals surface area contributed by atoms with Crippen molar-refractivity contribution in [3.63, 3.8) is 0 Å². The molecule has 12 nitrogen and oxygen atoms in total. The summed E-state index contributed by atoms with van der Waals surface area (Å²) in [6.45, 7) is 20.4. The van der Waals surface area contributed by atoms with E-state index in [0.29, 0.717) is 0 Å². The fourth-order valence-corrected chi connectivity index (χ4v) is 0. The number of rotatable bonds is 4. The second-order valence-electron chi connectivity index (χ2n) is 2.12. The van der Waals surface area contributed by atoms with E-state index in [2.05, 4.69) is 52.6 Å². The Morgan fingerprint density at radius 2 is 0.500 bits per heavy atom. The van der Waals surface area contributed by atoms with Crippen molar-refractivity contribution >= 4 is 41.2 Å². The number of aliphatic hydroxyl groups is 4. The minimum atomic E-state index is -1.44. The largest absolute Gasteiger partial charge is 3.00 e. The van der Waals surface area contributed by atoms with Gasteiger partial charge in [-0.25, -0.2) is 0 Å². The molecule has 0 aliphatic heterocycles. The molecule has 0 bridgehead atoms. The fourth-order valence-electron chi connectivity index (χ4n) is 0. The molecule has 0 aliphatic rings. The minimum Gasteiger partial charge on any atom is -0.548 e. The first-order chi connectivity index (χ1) is 13.1. The predicted molar refractivity (Wildman–Crippen MR) is 99.1 cm³/mol. The average Bonchev–Trinajstić information content (AvgIpc) is 2.74. The monoisotopic (exact) mass is 446 g/mol. The number of hydrogen-bond donors (Lipinski definition) is 4. The third-order valence-corrected chi connectivity index (χ3v) is 0.516. The van der Waals surface area contributed by atoms with Crippen molar-refractivity contribution < 1.29 is 78.9 Å². The summed E-state index contributed by atoms with van der Waals surface area (Å²) < 4.78 is 0. The van der Waals surface area contributed by atoms with Gasteiger partial charge < -0.3 is 60.0 Å². The molecule has 30 heavy (non-hydrogen) atoms. The van der Waals surface area contributed by atoms with E-state index in [1.54, 1.807) is 0 Å². The Morgan fingerprint density at radius 3 is 0.500 bits per heavy atom.